The van der Waals surface area contributed by atoms with E-state index >= 15 is 0 Å². The van der Waals surface area contributed by atoms with Crippen LogP contribution < -0.4 is 10.1 Å². The number of nitrogens with one attached hydrogen (secondary N) is 1. The zero-order valence-electron chi connectivity index (χ0n) is 11.1. The van der Waals surface area contributed by atoms with E-state index in [1.807, 2.05) is 6.92 Å². The number of rotatable bonds is 8. The molecule has 0 aliphatic carbocycles. The van der Waals surface area contributed by atoms with E-state index in [9.17, 15) is 13.0 Å². The molecule has 6 heteroatoms. The number of hydrogen-bond donors (Lipinski definition) is 1. The summed E-state index contributed by atoms with van der Waals surface area (Å²) in [6.07, 6.45) is 2.53. The fourth-order valence-corrected chi connectivity index (χ4v) is 2.20. The zero-order valence-corrected chi connectivity index (χ0v) is 11.9. The average molecular weight is 291 g/mol. The van der Waals surface area contributed by atoms with Crippen LogP contribution in [0.3, 0.4) is 0 Å². The van der Waals surface area contributed by atoms with Crippen LogP contribution in [0, 0.1) is 0 Å². The molecule has 0 amide bonds. The molecule has 0 aromatic heterocycles. The van der Waals surface area contributed by atoms with Gasteiger partial charge in [0.25, 0.3) is 0 Å². The number of halogens is 2. The lowest BCUT2D eigenvalue weighted by molar-refractivity contribution is -0.0498. The quantitative estimate of drug-likeness (QED) is 0.748. The normalized spacial score (nSPS) is 14.4. The Morgan fingerprint density at radius 1 is 1.32 bits per heavy atom. The van der Waals surface area contributed by atoms with Gasteiger partial charge in [0.2, 0.25) is 0 Å². The van der Waals surface area contributed by atoms with Gasteiger partial charge in [0.15, 0.2) is 0 Å². The zero-order chi connectivity index (χ0) is 14.3. The second-order valence-corrected chi connectivity index (χ2v) is 5.81. The van der Waals surface area contributed by atoms with Gasteiger partial charge in [-0.05, 0) is 37.6 Å². The van der Waals surface area contributed by atoms with Gasteiger partial charge in [-0.25, -0.2) is 0 Å². The second kappa shape index (κ2) is 8.22. The van der Waals surface area contributed by atoms with Crippen LogP contribution in [0.15, 0.2) is 24.3 Å². The minimum Gasteiger partial charge on any atom is -0.435 e. The summed E-state index contributed by atoms with van der Waals surface area (Å²) in [4.78, 5) is 0. The van der Waals surface area contributed by atoms with E-state index in [-0.39, 0.29) is 11.8 Å². The van der Waals surface area contributed by atoms with Crippen molar-refractivity contribution in [3.63, 3.8) is 0 Å². The van der Waals surface area contributed by atoms with Crippen LogP contribution in [0.5, 0.6) is 5.75 Å². The van der Waals surface area contributed by atoms with Gasteiger partial charge in [0.1, 0.15) is 5.75 Å². The molecule has 0 spiro atoms. The molecular weight excluding hydrogens is 272 g/mol. The third-order valence-electron chi connectivity index (χ3n) is 2.66. The molecule has 1 N–H and O–H groups in total. The summed E-state index contributed by atoms with van der Waals surface area (Å²) in [6.45, 7) is -0.0293. The Balaban J connectivity index is 2.39. The van der Waals surface area contributed by atoms with Gasteiger partial charge in [-0.2, -0.15) is 8.78 Å². The minimum atomic E-state index is -2.80. The lowest BCUT2D eigenvalue weighted by Gasteiger charge is -2.14. The predicted molar refractivity (Wildman–Crippen MR) is 73.0 cm³/mol. The molecule has 1 rings (SSSR count). The molecule has 0 saturated heterocycles. The molecular formula is C13H19F2NO2S. The largest absolute Gasteiger partial charge is 0.435 e. The summed E-state index contributed by atoms with van der Waals surface area (Å²) in [7, 11) is -0.761. The van der Waals surface area contributed by atoms with Gasteiger partial charge < -0.3 is 10.1 Å². The van der Waals surface area contributed by atoms with Crippen molar-refractivity contribution in [2.24, 2.45) is 0 Å². The van der Waals surface area contributed by atoms with Crippen LogP contribution in [0.2, 0.25) is 0 Å². The maximum Gasteiger partial charge on any atom is 0.387 e. The molecule has 0 aliphatic rings. The number of ether oxygens (including phenoxy) is 1. The van der Waals surface area contributed by atoms with Crippen LogP contribution >= 0.6 is 0 Å². The molecule has 0 heterocycles. The molecule has 0 aliphatic heterocycles. The fourth-order valence-electron chi connectivity index (χ4n) is 1.65. The molecule has 0 fully saturated rings. The van der Waals surface area contributed by atoms with Crippen molar-refractivity contribution in [1.29, 1.82) is 0 Å². The number of hydrogen-bond acceptors (Lipinski definition) is 3. The number of alkyl halides is 2. The van der Waals surface area contributed by atoms with Crippen LogP contribution in [-0.4, -0.2) is 29.4 Å². The van der Waals surface area contributed by atoms with Gasteiger partial charge in [0, 0.05) is 28.9 Å². The van der Waals surface area contributed by atoms with Crippen molar-refractivity contribution in [3.05, 3.63) is 29.8 Å². The summed E-state index contributed by atoms with van der Waals surface area (Å²) in [6, 6.07) is 6.69. The summed E-state index contributed by atoms with van der Waals surface area (Å²) < 4.78 is 39.2. The van der Waals surface area contributed by atoms with Crippen molar-refractivity contribution in [1.82, 2.24) is 5.32 Å². The Morgan fingerprint density at radius 2 is 1.95 bits per heavy atom. The monoisotopic (exact) mass is 291 g/mol. The Kier molecular flexibility index (Phi) is 6.94. The van der Waals surface area contributed by atoms with Gasteiger partial charge in [-0.15, -0.1) is 0 Å². The topological polar surface area (TPSA) is 38.3 Å². The van der Waals surface area contributed by atoms with E-state index in [1.54, 1.807) is 18.4 Å². The standard InChI is InChI=1S/C13H19F2NO2S/c1-10(16-8-3-9-19(2)17)11-4-6-12(7-5-11)18-13(14)15/h4-7,10,13,16H,3,8-9H2,1-2H3. The first-order chi connectivity index (χ1) is 8.99. The molecule has 0 bridgehead atoms. The van der Waals surface area contributed by atoms with Crippen molar-refractivity contribution in [2.45, 2.75) is 26.0 Å². The Bertz CT molecular complexity index is 398. The lowest BCUT2D eigenvalue weighted by atomic mass is 10.1. The van der Waals surface area contributed by atoms with Gasteiger partial charge >= 0.3 is 6.61 Å². The van der Waals surface area contributed by atoms with Crippen LogP contribution in [-0.2, 0) is 10.8 Å². The summed E-state index contributed by atoms with van der Waals surface area (Å²) in [5.41, 5.74) is 0.999. The molecule has 1 aromatic rings. The maximum atomic E-state index is 12.0. The third-order valence-corrected chi connectivity index (χ3v) is 3.53. The van der Waals surface area contributed by atoms with E-state index in [0.717, 1.165) is 18.5 Å². The Hall–Kier alpha value is -1.01. The smallest absolute Gasteiger partial charge is 0.387 e. The molecule has 2 atom stereocenters. The van der Waals surface area contributed by atoms with Crippen molar-refractivity contribution in [2.75, 3.05) is 18.6 Å². The highest BCUT2D eigenvalue weighted by Gasteiger charge is 2.07. The maximum absolute atomic E-state index is 12.0. The number of benzene rings is 1. The SMILES string of the molecule is CC(NCCCS(C)=O)c1ccc(OC(F)F)cc1. The average Bonchev–Trinajstić information content (AvgIpc) is 2.34. The fraction of sp³-hybridized carbons (Fsp3) is 0.538. The molecule has 3 nitrogen and oxygen atoms in total. The highest BCUT2D eigenvalue weighted by atomic mass is 32.2. The van der Waals surface area contributed by atoms with Crippen LogP contribution in [0.4, 0.5) is 8.78 Å². The molecule has 0 radical (unpaired) electrons. The molecule has 0 saturated carbocycles. The highest BCUT2D eigenvalue weighted by Crippen LogP contribution is 2.19. The second-order valence-electron chi connectivity index (χ2n) is 4.25. The summed E-state index contributed by atoms with van der Waals surface area (Å²) in [5.74, 6) is 0.841. The summed E-state index contributed by atoms with van der Waals surface area (Å²) >= 11 is 0. The van der Waals surface area contributed by atoms with E-state index in [2.05, 4.69) is 10.1 Å². The van der Waals surface area contributed by atoms with E-state index in [4.69, 9.17) is 0 Å². The van der Waals surface area contributed by atoms with Crippen molar-refractivity contribution < 1.29 is 17.7 Å². The van der Waals surface area contributed by atoms with Gasteiger partial charge in [-0.3, -0.25) is 4.21 Å². The summed E-state index contributed by atoms with van der Waals surface area (Å²) in [5, 5.41) is 3.29. The van der Waals surface area contributed by atoms with Crippen LogP contribution in [0.25, 0.3) is 0 Å². The molecule has 108 valence electrons. The van der Waals surface area contributed by atoms with E-state index < -0.39 is 17.4 Å². The van der Waals surface area contributed by atoms with Crippen molar-refractivity contribution >= 4 is 10.8 Å². The van der Waals surface area contributed by atoms with Crippen LogP contribution in [0.1, 0.15) is 24.9 Å². The molecule has 19 heavy (non-hydrogen) atoms. The highest BCUT2D eigenvalue weighted by molar-refractivity contribution is 7.84. The Morgan fingerprint density at radius 3 is 2.47 bits per heavy atom. The predicted octanol–water partition coefficient (Wildman–Crippen LogP) is 2.71. The minimum absolute atomic E-state index is 0.117. The van der Waals surface area contributed by atoms with E-state index in [0.29, 0.717) is 5.75 Å². The third kappa shape index (κ3) is 6.63. The Labute approximate surface area is 114 Å². The van der Waals surface area contributed by atoms with Gasteiger partial charge in [0.05, 0.1) is 0 Å². The first kappa shape index (κ1) is 16.0. The first-order valence-corrected chi connectivity index (χ1v) is 7.80. The lowest BCUT2D eigenvalue weighted by Crippen LogP contribution is -2.21. The van der Waals surface area contributed by atoms with E-state index in [1.165, 1.54) is 12.1 Å². The molecule has 2 unspecified atom stereocenters. The first-order valence-electron chi connectivity index (χ1n) is 6.07. The molecule has 1 aromatic carbocycles. The van der Waals surface area contributed by atoms with Crippen molar-refractivity contribution in [3.8, 4) is 5.75 Å². The van der Waals surface area contributed by atoms with Gasteiger partial charge in [-0.1, -0.05) is 12.1 Å².